The van der Waals surface area contributed by atoms with Gasteiger partial charge in [0.15, 0.2) is 0 Å². The maximum atomic E-state index is 12.4. The van der Waals surface area contributed by atoms with Crippen molar-refractivity contribution in [2.24, 2.45) is 7.05 Å². The number of aromatic nitrogens is 2. The monoisotopic (exact) mass is 338 g/mol. The summed E-state index contributed by atoms with van der Waals surface area (Å²) < 4.78 is 7.66. The molecule has 130 valence electrons. The molecule has 6 heteroatoms. The Morgan fingerprint density at radius 2 is 2.20 bits per heavy atom. The van der Waals surface area contributed by atoms with Gasteiger partial charge in [-0.2, -0.15) is 5.10 Å². The molecule has 2 amide bonds. The Hall–Kier alpha value is -2.78. The van der Waals surface area contributed by atoms with Gasteiger partial charge >= 0.3 is 6.03 Å². The Morgan fingerprint density at radius 3 is 2.92 bits per heavy atom. The molecule has 6 nitrogen and oxygen atoms in total. The third kappa shape index (κ3) is 4.20. The van der Waals surface area contributed by atoms with Gasteiger partial charge in [-0.25, -0.2) is 4.79 Å². The van der Waals surface area contributed by atoms with E-state index in [0.717, 1.165) is 11.1 Å². The second-order valence-electron chi connectivity index (χ2n) is 6.23. The molecular formula is C19H22N4O2. The lowest BCUT2D eigenvalue weighted by Crippen LogP contribution is -2.53. The number of aryl methyl sites for hydroxylation is 1. The molecule has 1 saturated heterocycles. The van der Waals surface area contributed by atoms with E-state index < -0.39 is 5.60 Å². The summed E-state index contributed by atoms with van der Waals surface area (Å²) in [5.41, 5.74) is 1.36. The van der Waals surface area contributed by atoms with Crippen LogP contribution in [0.5, 0.6) is 0 Å². The molecule has 1 N–H and O–H groups in total. The molecule has 0 spiro atoms. The highest BCUT2D eigenvalue weighted by atomic mass is 16.5. The first-order valence-electron chi connectivity index (χ1n) is 8.27. The minimum Gasteiger partial charge on any atom is -0.367 e. The number of nitrogens with one attached hydrogen (secondary N) is 1. The zero-order valence-corrected chi connectivity index (χ0v) is 14.5. The fourth-order valence-corrected chi connectivity index (χ4v) is 2.81. The molecule has 2 aromatic rings. The number of hydrogen-bond acceptors (Lipinski definition) is 3. The summed E-state index contributed by atoms with van der Waals surface area (Å²) in [6, 6.07) is 9.59. The van der Waals surface area contributed by atoms with Crippen LogP contribution in [0.15, 0.2) is 42.7 Å². The summed E-state index contributed by atoms with van der Waals surface area (Å²) in [6.45, 7) is 3.84. The number of rotatable bonds is 2. The summed E-state index contributed by atoms with van der Waals surface area (Å²) >= 11 is 0. The molecule has 0 radical (unpaired) electrons. The number of carbonyl (C=O) groups excluding carboxylic acids is 1. The van der Waals surface area contributed by atoms with E-state index in [-0.39, 0.29) is 6.03 Å². The molecule has 0 saturated carbocycles. The minimum atomic E-state index is -0.542. The van der Waals surface area contributed by atoms with Crippen LogP contribution < -0.4 is 5.32 Å². The first-order chi connectivity index (χ1) is 12.1. The van der Waals surface area contributed by atoms with Crippen molar-refractivity contribution in [1.82, 2.24) is 20.0 Å². The summed E-state index contributed by atoms with van der Waals surface area (Å²) in [4.78, 5) is 14.2. The fourth-order valence-electron chi connectivity index (χ4n) is 2.81. The van der Waals surface area contributed by atoms with Crippen LogP contribution in [0.4, 0.5) is 4.79 Å². The number of ether oxygens (including phenoxy) is 1. The van der Waals surface area contributed by atoms with Gasteiger partial charge in [-0.15, -0.1) is 0 Å². The Balaban J connectivity index is 1.56. The van der Waals surface area contributed by atoms with Gasteiger partial charge < -0.3 is 15.0 Å². The lowest BCUT2D eigenvalue weighted by molar-refractivity contribution is -0.0906. The van der Waals surface area contributed by atoms with Gasteiger partial charge in [-0.3, -0.25) is 4.68 Å². The van der Waals surface area contributed by atoms with Crippen molar-refractivity contribution >= 4 is 6.03 Å². The van der Waals surface area contributed by atoms with Crippen molar-refractivity contribution < 1.29 is 9.53 Å². The zero-order chi connectivity index (χ0) is 17.7. The topological polar surface area (TPSA) is 59.4 Å². The van der Waals surface area contributed by atoms with E-state index in [9.17, 15) is 4.79 Å². The van der Waals surface area contributed by atoms with Crippen LogP contribution in [0.2, 0.25) is 0 Å². The Kier molecular flexibility index (Phi) is 5.05. The Labute approximate surface area is 147 Å². The van der Waals surface area contributed by atoms with E-state index in [2.05, 4.69) is 22.3 Å². The molecule has 1 aliphatic rings. The van der Waals surface area contributed by atoms with Crippen LogP contribution in [-0.4, -0.2) is 47.0 Å². The fraction of sp³-hybridized carbons (Fsp3) is 0.368. The summed E-state index contributed by atoms with van der Waals surface area (Å²) in [7, 11) is 1.87. The van der Waals surface area contributed by atoms with Crippen molar-refractivity contribution in [2.45, 2.75) is 12.5 Å². The van der Waals surface area contributed by atoms with Crippen LogP contribution in [0, 0.1) is 11.8 Å². The number of benzene rings is 1. The number of morpholine rings is 1. The highest BCUT2D eigenvalue weighted by molar-refractivity contribution is 5.74. The molecule has 0 aliphatic carbocycles. The number of amides is 2. The van der Waals surface area contributed by atoms with Gasteiger partial charge in [0.2, 0.25) is 0 Å². The highest BCUT2D eigenvalue weighted by Crippen LogP contribution is 2.28. The van der Waals surface area contributed by atoms with E-state index in [4.69, 9.17) is 4.74 Å². The Morgan fingerprint density at radius 1 is 1.40 bits per heavy atom. The molecule has 1 aromatic heterocycles. The number of hydrogen-bond donors (Lipinski definition) is 1. The average molecular weight is 338 g/mol. The van der Waals surface area contributed by atoms with Crippen LogP contribution in [0.25, 0.3) is 0 Å². The predicted octanol–water partition coefficient (Wildman–Crippen LogP) is 1.73. The molecule has 1 aromatic carbocycles. The second kappa shape index (κ2) is 7.41. The van der Waals surface area contributed by atoms with E-state index in [1.165, 1.54) is 0 Å². The summed E-state index contributed by atoms with van der Waals surface area (Å²) in [5.74, 6) is 6.00. The quantitative estimate of drug-likeness (QED) is 0.849. The van der Waals surface area contributed by atoms with Gasteiger partial charge in [-0.05, 0) is 19.1 Å². The van der Waals surface area contributed by atoms with Gasteiger partial charge in [0.05, 0.1) is 25.9 Å². The van der Waals surface area contributed by atoms with Crippen molar-refractivity contribution in [3.8, 4) is 11.8 Å². The van der Waals surface area contributed by atoms with Gasteiger partial charge in [0.25, 0.3) is 0 Å². The molecule has 0 bridgehead atoms. The summed E-state index contributed by atoms with van der Waals surface area (Å²) in [6.07, 6.45) is 3.71. The van der Waals surface area contributed by atoms with E-state index >= 15 is 0 Å². The predicted molar refractivity (Wildman–Crippen MR) is 94.8 cm³/mol. The third-order valence-electron chi connectivity index (χ3n) is 4.21. The average Bonchev–Trinajstić information content (AvgIpc) is 3.07. The van der Waals surface area contributed by atoms with E-state index in [1.807, 2.05) is 50.5 Å². The molecule has 1 aliphatic heterocycles. The number of nitrogens with zero attached hydrogens (tertiary/aromatic N) is 3. The highest BCUT2D eigenvalue weighted by Gasteiger charge is 2.36. The lowest BCUT2D eigenvalue weighted by Gasteiger charge is -2.39. The third-order valence-corrected chi connectivity index (χ3v) is 4.21. The molecule has 1 fully saturated rings. The maximum absolute atomic E-state index is 12.4. The van der Waals surface area contributed by atoms with Gasteiger partial charge in [0, 0.05) is 30.9 Å². The maximum Gasteiger partial charge on any atom is 0.318 e. The molecular weight excluding hydrogens is 316 g/mol. The van der Waals surface area contributed by atoms with E-state index in [1.54, 1.807) is 15.8 Å². The van der Waals surface area contributed by atoms with Crippen molar-refractivity contribution in [3.63, 3.8) is 0 Å². The SMILES string of the molecule is Cn1cc([C@@]2(C)CN(C(=O)NCC#Cc3ccccc3)CCO2)cn1. The normalized spacial score (nSPS) is 19.8. The molecule has 2 heterocycles. The molecule has 25 heavy (non-hydrogen) atoms. The van der Waals surface area contributed by atoms with Gasteiger partial charge in [0.1, 0.15) is 5.60 Å². The molecule has 1 atom stereocenters. The van der Waals surface area contributed by atoms with Crippen LogP contribution in [0.1, 0.15) is 18.1 Å². The number of urea groups is 1. The van der Waals surface area contributed by atoms with Crippen LogP contribution in [0.3, 0.4) is 0 Å². The summed E-state index contributed by atoms with van der Waals surface area (Å²) in [5, 5.41) is 7.05. The largest absolute Gasteiger partial charge is 0.367 e. The van der Waals surface area contributed by atoms with Crippen molar-refractivity contribution in [2.75, 3.05) is 26.2 Å². The van der Waals surface area contributed by atoms with Gasteiger partial charge in [-0.1, -0.05) is 30.0 Å². The number of carbonyl (C=O) groups is 1. The molecule has 0 unspecified atom stereocenters. The first-order valence-corrected chi connectivity index (χ1v) is 8.27. The smallest absolute Gasteiger partial charge is 0.318 e. The van der Waals surface area contributed by atoms with Crippen molar-refractivity contribution in [1.29, 1.82) is 0 Å². The minimum absolute atomic E-state index is 0.124. The second-order valence-corrected chi connectivity index (χ2v) is 6.23. The zero-order valence-electron chi connectivity index (χ0n) is 14.5. The lowest BCUT2D eigenvalue weighted by atomic mass is 9.97. The van der Waals surface area contributed by atoms with Crippen molar-refractivity contribution in [3.05, 3.63) is 53.9 Å². The van der Waals surface area contributed by atoms with E-state index in [0.29, 0.717) is 26.2 Å². The van der Waals surface area contributed by atoms with Crippen LogP contribution in [-0.2, 0) is 17.4 Å². The molecule has 3 rings (SSSR count). The standard InChI is InChI=1S/C19H22N4O2/c1-19(17-13-21-22(2)14-17)15-23(11-12-25-19)18(24)20-10-6-9-16-7-4-3-5-8-16/h3-5,7-8,13-14H,10-12,15H2,1-2H3,(H,20,24)/t19-/m1/s1. The van der Waals surface area contributed by atoms with Crippen LogP contribution >= 0.6 is 0 Å². The first kappa shape index (κ1) is 17.1. The Bertz CT molecular complexity index is 791.